The third kappa shape index (κ3) is 10.6. The van der Waals surface area contributed by atoms with Gasteiger partial charge in [-0.15, -0.1) is 6.54 Å². The summed E-state index contributed by atoms with van der Waals surface area (Å²) < 4.78 is 49.6. The minimum atomic E-state index is -3.51. The van der Waals surface area contributed by atoms with Gasteiger partial charge in [-0.2, -0.15) is 0 Å². The van der Waals surface area contributed by atoms with Crippen LogP contribution in [0.25, 0.3) is 0 Å². The third-order valence-corrected chi connectivity index (χ3v) is 6.00. The summed E-state index contributed by atoms with van der Waals surface area (Å²) in [6, 6.07) is 16.3. The average molecular weight is 631 g/mol. The van der Waals surface area contributed by atoms with Crippen LogP contribution < -0.4 is 0 Å². The maximum atomic E-state index is 12.8. The number of aryl methyl sites for hydroxylation is 1. The van der Waals surface area contributed by atoms with Crippen LogP contribution in [0.15, 0.2) is 65.6 Å². The fraction of sp³-hybridized carbons (Fsp3) is 0.120. The minimum Gasteiger partial charge on any atom is -0.0312 e. The summed E-state index contributed by atoms with van der Waals surface area (Å²) in [5.74, 6) is 0. The molecule has 0 spiro atoms. The predicted octanol–water partition coefficient (Wildman–Crippen LogP) is 4.01. The summed E-state index contributed by atoms with van der Waals surface area (Å²) in [6.45, 7) is 15.7. The summed E-state index contributed by atoms with van der Waals surface area (Å²) in [6.07, 6.45) is 14.9. The fourth-order valence-electron chi connectivity index (χ4n) is 2.75. The average Bonchev–Trinajstić information content (AvgIpc) is 3.60. The zero-order valence-electron chi connectivity index (χ0n) is 17.7. The quantitative estimate of drug-likeness (QED) is 0.378. The van der Waals surface area contributed by atoms with E-state index in [9.17, 15) is 8.42 Å². The second-order valence-electron chi connectivity index (χ2n) is 6.05. The van der Waals surface area contributed by atoms with Crippen LogP contribution in [0.3, 0.4) is 0 Å². The van der Waals surface area contributed by atoms with Gasteiger partial charge in [-0.1, -0.05) is 48.0 Å². The Morgan fingerprint density at radius 3 is 1.73 bits per heavy atom. The van der Waals surface area contributed by atoms with E-state index in [0.717, 1.165) is 11.1 Å². The summed E-state index contributed by atoms with van der Waals surface area (Å²) in [5, 5.41) is 0. The van der Waals surface area contributed by atoms with Crippen LogP contribution in [-0.2, 0) is 45.0 Å². The van der Waals surface area contributed by atoms with E-state index in [1.165, 1.54) is 4.31 Å². The molecule has 1 aliphatic heterocycles. The minimum absolute atomic E-state index is 0. The molecule has 6 nitrogen and oxygen atoms in total. The van der Waals surface area contributed by atoms with Crippen molar-refractivity contribution >= 4 is 10.0 Å². The van der Waals surface area contributed by atoms with Gasteiger partial charge in [-0.3, -0.25) is 0 Å². The Labute approximate surface area is 211 Å². The molecule has 4 rings (SSSR count). The molecule has 2 aromatic carbocycles. The monoisotopic (exact) mass is 631 g/mol. The van der Waals surface area contributed by atoms with E-state index in [1.807, 2.05) is 87.6 Å². The van der Waals surface area contributed by atoms with Crippen molar-refractivity contribution in [2.24, 2.45) is 0 Å². The smallest absolute Gasteiger partial charge is 0.0312 e. The molecule has 0 saturated heterocycles. The van der Waals surface area contributed by atoms with E-state index < -0.39 is 10.0 Å². The van der Waals surface area contributed by atoms with Crippen molar-refractivity contribution in [3.63, 3.8) is 0 Å². The molecule has 1 saturated carbocycles. The molecule has 2 aromatic rings. The molecule has 0 N–H and O–H groups in total. The van der Waals surface area contributed by atoms with Crippen molar-refractivity contribution in [1.82, 2.24) is 4.31 Å². The van der Waals surface area contributed by atoms with Crippen molar-refractivity contribution < 1.29 is 43.4 Å². The summed E-state index contributed by atoms with van der Waals surface area (Å²) in [5.41, 5.74) is 2.00. The Balaban J connectivity index is 0. The molecular weight excluding hydrogens is 610 g/mol. The van der Waals surface area contributed by atoms with Gasteiger partial charge < -0.3 is 6.08 Å². The van der Waals surface area contributed by atoms with Crippen molar-refractivity contribution in [3.05, 3.63) is 130 Å². The number of hydrogen-bond donors (Lipinski definition) is 0. The van der Waals surface area contributed by atoms with Crippen LogP contribution in [0.4, 0.5) is 0 Å². The Kier molecular flexibility index (Phi) is 19.6. The largest absolute Gasteiger partial charge is 2.00 e. The SMILES string of the molecule is Cc1ccc(S(=O)(=O)N2C[C-]=CC2c2ccccc2)cc1.[C-]#[O+].[C-]#[O+].[C-]#[O+].[CH]1[CH][CH][CH][CH]1.[W+2]. The zero-order chi connectivity index (χ0) is 24.4. The van der Waals surface area contributed by atoms with E-state index >= 15 is 0 Å². The van der Waals surface area contributed by atoms with Crippen LogP contribution in [0.2, 0.25) is 0 Å². The Morgan fingerprint density at radius 2 is 1.27 bits per heavy atom. The number of sulfonamides is 1. The van der Waals surface area contributed by atoms with E-state index in [1.54, 1.807) is 12.1 Å². The summed E-state index contributed by atoms with van der Waals surface area (Å²) >= 11 is 0. The van der Waals surface area contributed by atoms with Gasteiger partial charge in [0.2, 0.25) is 10.0 Å². The first-order valence-corrected chi connectivity index (χ1v) is 10.5. The van der Waals surface area contributed by atoms with Crippen LogP contribution >= 0.6 is 0 Å². The second-order valence-corrected chi connectivity index (χ2v) is 7.94. The predicted molar refractivity (Wildman–Crippen MR) is 115 cm³/mol. The number of rotatable bonds is 3. The van der Waals surface area contributed by atoms with Crippen molar-refractivity contribution in [2.75, 3.05) is 6.54 Å². The molecule has 167 valence electrons. The first kappa shape index (κ1) is 33.2. The summed E-state index contributed by atoms with van der Waals surface area (Å²) in [4.78, 5) is 0.325. The Morgan fingerprint density at radius 1 is 0.818 bits per heavy atom. The van der Waals surface area contributed by atoms with Crippen LogP contribution in [0.5, 0.6) is 0 Å². The first-order chi connectivity index (χ1) is 15.6. The number of hydrogen-bond acceptors (Lipinski definition) is 2. The fourth-order valence-corrected chi connectivity index (χ4v) is 4.23. The van der Waals surface area contributed by atoms with Gasteiger partial charge in [0.15, 0.2) is 0 Å². The van der Waals surface area contributed by atoms with Crippen molar-refractivity contribution in [1.29, 1.82) is 0 Å². The topological polar surface area (TPSA) is 97.1 Å². The van der Waals surface area contributed by atoms with Gasteiger partial charge in [0.05, 0.1) is 4.90 Å². The van der Waals surface area contributed by atoms with Gasteiger partial charge in [0.25, 0.3) is 0 Å². The third-order valence-electron chi connectivity index (χ3n) is 4.16. The molecule has 33 heavy (non-hydrogen) atoms. The van der Waals surface area contributed by atoms with E-state index in [0.29, 0.717) is 4.90 Å². The zero-order valence-corrected chi connectivity index (χ0v) is 21.5. The second kappa shape index (κ2) is 19.5. The van der Waals surface area contributed by atoms with E-state index in [2.05, 4.69) is 26.0 Å². The van der Waals surface area contributed by atoms with Crippen LogP contribution in [0.1, 0.15) is 17.2 Å². The molecule has 0 bridgehead atoms. The molecule has 5 radical (unpaired) electrons. The molecule has 1 unspecified atom stereocenters. The van der Waals surface area contributed by atoms with Gasteiger partial charge in [-0.25, -0.2) is 18.8 Å². The molecule has 1 fully saturated rings. The van der Waals surface area contributed by atoms with Gasteiger partial charge >= 0.3 is 55.0 Å². The van der Waals surface area contributed by atoms with Gasteiger partial charge in [-0.05, 0) is 56.7 Å². The molecule has 2 aliphatic rings. The molecule has 1 aliphatic carbocycles. The normalized spacial score (nSPS) is 15.9. The molecule has 8 heteroatoms. The standard InChI is InChI=1S/C17H16NO2S.C5H5.3CO.W/c1-14-9-11-16(12-10-14)21(19,20)18-13-5-8-17(18)15-6-3-2-4-7-15;1-2-4-5-3-1;3*1-2;/h2-4,6-12,17H,13H2,1H3;1-5H;;;;/q-1;;;;;+2. The first-order valence-electron chi connectivity index (χ1n) is 9.07. The van der Waals surface area contributed by atoms with Gasteiger partial charge in [0, 0.05) is 6.04 Å². The maximum Gasteiger partial charge on any atom is 2.00 e. The van der Waals surface area contributed by atoms with E-state index in [-0.39, 0.29) is 33.7 Å². The van der Waals surface area contributed by atoms with Crippen LogP contribution in [-0.4, -0.2) is 19.3 Å². The molecule has 0 aromatic heterocycles. The Hall–Kier alpha value is -2.00. The Bertz CT molecular complexity index is 941. The molecule has 1 heterocycles. The molecule has 0 amide bonds. The molecule has 1 atom stereocenters. The summed E-state index contributed by atoms with van der Waals surface area (Å²) in [7, 11) is -3.51. The van der Waals surface area contributed by atoms with Crippen molar-refractivity contribution in [2.45, 2.75) is 17.9 Å². The van der Waals surface area contributed by atoms with Crippen LogP contribution in [0, 0.1) is 65.1 Å². The maximum absolute atomic E-state index is 12.8. The number of benzene rings is 2. The number of nitrogens with zero attached hydrogens (tertiary/aromatic N) is 1. The van der Waals surface area contributed by atoms with E-state index in [4.69, 9.17) is 14.0 Å². The van der Waals surface area contributed by atoms with Crippen molar-refractivity contribution in [3.8, 4) is 0 Å². The molecular formula is C25H21NO5SW+. The van der Waals surface area contributed by atoms with Gasteiger partial charge in [0.1, 0.15) is 0 Å².